The van der Waals surface area contributed by atoms with Gasteiger partial charge in [-0.15, -0.1) is 11.6 Å². The van der Waals surface area contributed by atoms with Gasteiger partial charge in [-0.1, -0.05) is 24.6 Å². The van der Waals surface area contributed by atoms with Crippen LogP contribution in [0.25, 0.3) is 0 Å². The molecule has 0 amide bonds. The molecule has 0 saturated carbocycles. The van der Waals surface area contributed by atoms with Gasteiger partial charge in [0.1, 0.15) is 5.75 Å². The molecule has 2 nitrogen and oxygen atoms in total. The summed E-state index contributed by atoms with van der Waals surface area (Å²) in [6.45, 7) is 2.90. The van der Waals surface area contributed by atoms with Crippen LogP contribution in [0.4, 0.5) is 0 Å². The number of halogens is 1. The zero-order valence-electron chi connectivity index (χ0n) is 10.1. The summed E-state index contributed by atoms with van der Waals surface area (Å²) in [5.41, 5.74) is 1.35. The maximum atomic E-state index is 5.65. The van der Waals surface area contributed by atoms with Crippen molar-refractivity contribution in [3.05, 3.63) is 29.8 Å². The van der Waals surface area contributed by atoms with Crippen LogP contribution in [-0.2, 0) is 0 Å². The highest BCUT2D eigenvalue weighted by Crippen LogP contribution is 2.32. The number of nitrogens with one attached hydrogen (secondary N) is 1. The number of para-hydroxylation sites is 1. The van der Waals surface area contributed by atoms with E-state index in [4.69, 9.17) is 16.3 Å². The summed E-state index contributed by atoms with van der Waals surface area (Å²) >= 11 is 5.64. The van der Waals surface area contributed by atoms with E-state index in [2.05, 4.69) is 23.5 Å². The molecule has 0 aliphatic carbocycles. The van der Waals surface area contributed by atoms with Crippen LogP contribution in [0.5, 0.6) is 5.75 Å². The predicted octanol–water partition coefficient (Wildman–Crippen LogP) is 3.16. The molecule has 1 aliphatic heterocycles. The second kappa shape index (κ2) is 6.87. The molecule has 0 spiro atoms. The van der Waals surface area contributed by atoms with Crippen LogP contribution >= 0.6 is 11.6 Å². The van der Waals surface area contributed by atoms with Gasteiger partial charge in [-0.3, -0.25) is 0 Å². The first-order valence-corrected chi connectivity index (χ1v) is 6.93. The van der Waals surface area contributed by atoms with Crippen LogP contribution in [0.3, 0.4) is 0 Å². The first-order chi connectivity index (χ1) is 8.42. The molecule has 0 radical (unpaired) electrons. The number of hydrogen-bond donors (Lipinski definition) is 1. The molecule has 1 aromatic rings. The molecule has 2 rings (SSSR count). The Morgan fingerprint density at radius 2 is 2.12 bits per heavy atom. The van der Waals surface area contributed by atoms with Gasteiger partial charge in [-0.05, 0) is 25.5 Å². The highest BCUT2D eigenvalue weighted by Gasteiger charge is 2.22. The van der Waals surface area contributed by atoms with Gasteiger partial charge in [0.05, 0.1) is 6.61 Å². The Kier molecular flexibility index (Phi) is 5.14. The lowest BCUT2D eigenvalue weighted by Gasteiger charge is -2.10. The molecule has 1 unspecified atom stereocenters. The average molecular weight is 254 g/mol. The van der Waals surface area contributed by atoms with Gasteiger partial charge in [0.25, 0.3) is 0 Å². The van der Waals surface area contributed by atoms with E-state index in [1.165, 1.54) is 18.4 Å². The quantitative estimate of drug-likeness (QED) is 0.595. The Balaban J connectivity index is 1.68. The van der Waals surface area contributed by atoms with Gasteiger partial charge >= 0.3 is 0 Å². The standard InChI is InChI=1S/C14H20ClNO/c15-8-4-1-5-9-16-10-12-11-17-14-7-3-2-6-13(12)14/h2-3,6-7,12,16H,1,4-5,8-11H2. The maximum Gasteiger partial charge on any atom is 0.122 e. The Morgan fingerprint density at radius 3 is 3.00 bits per heavy atom. The fourth-order valence-corrected chi connectivity index (χ4v) is 2.38. The minimum absolute atomic E-state index is 0.513. The Labute approximate surface area is 108 Å². The van der Waals surface area contributed by atoms with Gasteiger partial charge in [0, 0.05) is 23.9 Å². The van der Waals surface area contributed by atoms with E-state index in [-0.39, 0.29) is 0 Å². The summed E-state index contributed by atoms with van der Waals surface area (Å²) in [6.07, 6.45) is 3.55. The lowest BCUT2D eigenvalue weighted by Crippen LogP contribution is -2.23. The Hall–Kier alpha value is -0.730. The predicted molar refractivity (Wildman–Crippen MR) is 72.1 cm³/mol. The smallest absolute Gasteiger partial charge is 0.122 e. The minimum atomic E-state index is 0.513. The molecule has 1 aliphatic rings. The normalized spacial score (nSPS) is 17.8. The van der Waals surface area contributed by atoms with Crippen LogP contribution < -0.4 is 10.1 Å². The van der Waals surface area contributed by atoms with Crippen LogP contribution in [0.15, 0.2) is 24.3 Å². The topological polar surface area (TPSA) is 21.3 Å². The second-order valence-electron chi connectivity index (χ2n) is 4.50. The molecule has 1 N–H and O–H groups in total. The Bertz CT molecular complexity index is 343. The molecule has 0 aromatic heterocycles. The summed E-state index contributed by atoms with van der Waals surface area (Å²) in [4.78, 5) is 0. The summed E-state index contributed by atoms with van der Waals surface area (Å²) in [6, 6.07) is 8.33. The van der Waals surface area contributed by atoms with E-state index in [1.54, 1.807) is 0 Å². The SMILES string of the molecule is ClCCCCCNCC1COc2ccccc21. The second-order valence-corrected chi connectivity index (χ2v) is 4.88. The number of ether oxygens (including phenoxy) is 1. The minimum Gasteiger partial charge on any atom is -0.493 e. The lowest BCUT2D eigenvalue weighted by molar-refractivity contribution is 0.326. The fourth-order valence-electron chi connectivity index (χ4n) is 2.20. The molecule has 3 heteroatoms. The van der Waals surface area contributed by atoms with Gasteiger partial charge in [0.15, 0.2) is 0 Å². The number of alkyl halides is 1. The number of fused-ring (bicyclic) bond motifs is 1. The van der Waals surface area contributed by atoms with Crippen molar-refractivity contribution in [3.8, 4) is 5.75 Å². The molecule has 0 saturated heterocycles. The summed E-state index contributed by atoms with van der Waals surface area (Å²) < 4.78 is 5.65. The largest absolute Gasteiger partial charge is 0.493 e. The number of unbranched alkanes of at least 4 members (excludes halogenated alkanes) is 2. The third-order valence-corrected chi connectivity index (χ3v) is 3.44. The van der Waals surface area contributed by atoms with Crippen molar-refractivity contribution in [1.82, 2.24) is 5.32 Å². The zero-order valence-corrected chi connectivity index (χ0v) is 10.9. The van der Waals surface area contributed by atoms with Gasteiger partial charge < -0.3 is 10.1 Å². The number of hydrogen-bond acceptors (Lipinski definition) is 2. The third kappa shape index (κ3) is 3.62. The van der Waals surface area contributed by atoms with E-state index in [0.29, 0.717) is 5.92 Å². The molecule has 1 heterocycles. The van der Waals surface area contributed by atoms with Crippen molar-refractivity contribution in [3.63, 3.8) is 0 Å². The van der Waals surface area contributed by atoms with E-state index in [1.807, 2.05) is 6.07 Å². The zero-order chi connectivity index (χ0) is 11.9. The van der Waals surface area contributed by atoms with Gasteiger partial charge in [0.2, 0.25) is 0 Å². The molecule has 1 atom stereocenters. The first kappa shape index (κ1) is 12.7. The molecule has 17 heavy (non-hydrogen) atoms. The highest BCUT2D eigenvalue weighted by molar-refractivity contribution is 6.17. The summed E-state index contributed by atoms with van der Waals surface area (Å²) in [5, 5.41) is 3.50. The van der Waals surface area contributed by atoms with E-state index < -0.39 is 0 Å². The first-order valence-electron chi connectivity index (χ1n) is 6.40. The van der Waals surface area contributed by atoms with E-state index >= 15 is 0 Å². The molecular weight excluding hydrogens is 234 g/mol. The summed E-state index contributed by atoms with van der Waals surface area (Å²) in [5.74, 6) is 2.35. The van der Waals surface area contributed by atoms with Crippen molar-refractivity contribution >= 4 is 11.6 Å². The number of benzene rings is 1. The van der Waals surface area contributed by atoms with Crippen molar-refractivity contribution in [2.45, 2.75) is 25.2 Å². The van der Waals surface area contributed by atoms with Crippen LogP contribution in [0.1, 0.15) is 30.7 Å². The molecule has 0 fully saturated rings. The third-order valence-electron chi connectivity index (χ3n) is 3.18. The molecular formula is C14H20ClNO. The van der Waals surface area contributed by atoms with Gasteiger partial charge in [-0.25, -0.2) is 0 Å². The average Bonchev–Trinajstić information content (AvgIpc) is 2.77. The molecule has 0 bridgehead atoms. The van der Waals surface area contributed by atoms with Crippen molar-refractivity contribution in [2.24, 2.45) is 0 Å². The van der Waals surface area contributed by atoms with Crippen LogP contribution in [-0.4, -0.2) is 25.6 Å². The monoisotopic (exact) mass is 253 g/mol. The van der Waals surface area contributed by atoms with E-state index in [0.717, 1.165) is 37.7 Å². The molecule has 1 aromatic carbocycles. The van der Waals surface area contributed by atoms with E-state index in [9.17, 15) is 0 Å². The highest BCUT2D eigenvalue weighted by atomic mass is 35.5. The van der Waals surface area contributed by atoms with Crippen LogP contribution in [0, 0.1) is 0 Å². The lowest BCUT2D eigenvalue weighted by atomic mass is 10.0. The molecule has 94 valence electrons. The van der Waals surface area contributed by atoms with Crippen molar-refractivity contribution in [2.75, 3.05) is 25.6 Å². The maximum absolute atomic E-state index is 5.65. The van der Waals surface area contributed by atoms with Crippen LogP contribution in [0.2, 0.25) is 0 Å². The van der Waals surface area contributed by atoms with Gasteiger partial charge in [-0.2, -0.15) is 0 Å². The summed E-state index contributed by atoms with van der Waals surface area (Å²) in [7, 11) is 0. The fraction of sp³-hybridized carbons (Fsp3) is 0.571. The van der Waals surface area contributed by atoms with Crippen molar-refractivity contribution in [1.29, 1.82) is 0 Å². The van der Waals surface area contributed by atoms with Crippen molar-refractivity contribution < 1.29 is 4.74 Å². The number of rotatable bonds is 7. The Morgan fingerprint density at radius 1 is 1.24 bits per heavy atom.